The van der Waals surface area contributed by atoms with Gasteiger partial charge in [-0.1, -0.05) is 18.2 Å². The van der Waals surface area contributed by atoms with Crippen LogP contribution in [0.1, 0.15) is 55.5 Å². The number of ether oxygens (including phenoxy) is 2. The van der Waals surface area contributed by atoms with Crippen LogP contribution in [-0.2, 0) is 11.3 Å². The number of H-pyrrole nitrogens is 2. The van der Waals surface area contributed by atoms with Crippen LogP contribution in [0.25, 0.3) is 44.2 Å². The average Bonchev–Trinajstić information content (AvgIpc) is 3.80. The van der Waals surface area contributed by atoms with Crippen molar-refractivity contribution in [1.29, 1.82) is 0 Å². The zero-order valence-corrected chi connectivity index (χ0v) is 23.2. The summed E-state index contributed by atoms with van der Waals surface area (Å²) < 4.78 is 35.6. The molecule has 3 aliphatic rings. The van der Waals surface area contributed by atoms with E-state index in [1.807, 2.05) is 6.20 Å². The molecule has 2 fully saturated rings. The van der Waals surface area contributed by atoms with Gasteiger partial charge in [-0.3, -0.25) is 0 Å². The molecule has 0 saturated carbocycles. The third-order valence-corrected chi connectivity index (χ3v) is 8.99. The molecule has 8 rings (SSSR count). The quantitative estimate of drug-likeness (QED) is 0.189. The van der Waals surface area contributed by atoms with E-state index in [1.165, 1.54) is 0 Å². The topological polar surface area (TPSA) is 99.9 Å². The normalized spacial score (nSPS) is 23.5. The molecule has 2 aromatic heterocycles. The van der Waals surface area contributed by atoms with Crippen LogP contribution < -0.4 is 15.4 Å². The maximum atomic E-state index is 12.4. The van der Waals surface area contributed by atoms with Gasteiger partial charge in [0.2, 0.25) is 0 Å². The summed E-state index contributed by atoms with van der Waals surface area (Å²) in [5.74, 6) is 2.72. The summed E-state index contributed by atoms with van der Waals surface area (Å²) in [4.78, 5) is 16.6. The molecule has 5 heterocycles. The predicted molar refractivity (Wildman–Crippen MR) is 156 cm³/mol. The fourth-order valence-electron chi connectivity index (χ4n) is 6.79. The Bertz CT molecular complexity index is 1800. The maximum absolute atomic E-state index is 12.4. The molecule has 216 valence electrons. The van der Waals surface area contributed by atoms with Crippen LogP contribution in [0.3, 0.4) is 0 Å². The Morgan fingerprint density at radius 2 is 1.95 bits per heavy atom. The fourth-order valence-corrected chi connectivity index (χ4v) is 6.79. The van der Waals surface area contributed by atoms with Crippen LogP contribution in [-0.4, -0.2) is 45.7 Å². The third-order valence-electron chi connectivity index (χ3n) is 8.99. The largest absolute Gasteiger partial charge is 0.488 e. The van der Waals surface area contributed by atoms with Crippen molar-refractivity contribution in [3.63, 3.8) is 0 Å². The monoisotopic (exact) mass is 570 g/mol. The van der Waals surface area contributed by atoms with E-state index in [0.29, 0.717) is 25.6 Å². The second-order valence-electron chi connectivity index (χ2n) is 11.9. The van der Waals surface area contributed by atoms with Crippen LogP contribution >= 0.6 is 0 Å². The van der Waals surface area contributed by atoms with E-state index in [1.54, 1.807) is 0 Å². The van der Waals surface area contributed by atoms with Crippen molar-refractivity contribution in [2.24, 2.45) is 5.92 Å². The van der Waals surface area contributed by atoms with Crippen molar-refractivity contribution in [2.45, 2.75) is 57.5 Å². The number of alkyl halides is 2. The van der Waals surface area contributed by atoms with E-state index in [-0.39, 0.29) is 24.6 Å². The minimum absolute atomic E-state index is 0.0128. The Labute approximate surface area is 241 Å². The molecule has 4 N–H and O–H groups in total. The SMILES string of the molecule is CC1CCC(c2nc3c(ccc4cc5c(cc43)OCc3cc(-c4cnc(C6CC(COC(F)F)CN6)[nH]4)ccc3-5)[nH]2)N1. The molecule has 0 amide bonds. The molecular formula is C32H32F2N6O2. The van der Waals surface area contributed by atoms with Gasteiger partial charge in [0.1, 0.15) is 24.0 Å². The van der Waals surface area contributed by atoms with Crippen molar-refractivity contribution in [3.8, 4) is 28.1 Å². The van der Waals surface area contributed by atoms with E-state index in [4.69, 9.17) is 9.72 Å². The first kappa shape index (κ1) is 25.8. The van der Waals surface area contributed by atoms with Crippen molar-refractivity contribution >= 4 is 21.8 Å². The molecule has 4 unspecified atom stereocenters. The maximum Gasteiger partial charge on any atom is 0.345 e. The number of hydrogen-bond donors (Lipinski definition) is 4. The van der Waals surface area contributed by atoms with Crippen molar-refractivity contribution in [2.75, 3.05) is 13.2 Å². The third kappa shape index (κ3) is 4.54. The summed E-state index contributed by atoms with van der Waals surface area (Å²) in [5.41, 5.74) is 7.32. The highest BCUT2D eigenvalue weighted by Crippen LogP contribution is 2.43. The Morgan fingerprint density at radius 1 is 1.02 bits per heavy atom. The van der Waals surface area contributed by atoms with Gasteiger partial charge < -0.3 is 30.1 Å². The molecule has 42 heavy (non-hydrogen) atoms. The lowest BCUT2D eigenvalue weighted by molar-refractivity contribution is -0.136. The second-order valence-corrected chi connectivity index (χ2v) is 11.9. The first-order chi connectivity index (χ1) is 20.5. The molecule has 0 bridgehead atoms. The Balaban J connectivity index is 1.06. The summed E-state index contributed by atoms with van der Waals surface area (Å²) in [6.45, 7) is 0.630. The number of nitrogens with one attached hydrogen (secondary N) is 4. The van der Waals surface area contributed by atoms with Gasteiger partial charge in [0.05, 0.1) is 41.6 Å². The van der Waals surface area contributed by atoms with Crippen LogP contribution in [0.4, 0.5) is 8.78 Å². The standard InChI is InChI=1S/C32H32F2N6O2/c1-16-2-6-25(37-16)31-38-24-7-4-18-10-23-21-5-3-19(9-20(21)15-41-28(23)11-22(18)29(24)40-31)27-13-36-30(39-27)26-8-17(12-35-26)14-42-32(33)34/h3-5,7,9-11,13,16-17,25-26,32,35,37H,2,6,8,12,14-15H2,1H3,(H,36,39)(H,38,40). The number of fused-ring (bicyclic) bond motifs is 6. The minimum Gasteiger partial charge on any atom is -0.488 e. The highest BCUT2D eigenvalue weighted by Gasteiger charge is 2.29. The summed E-state index contributed by atoms with van der Waals surface area (Å²) in [7, 11) is 0. The number of aromatic amines is 2. The van der Waals surface area contributed by atoms with Gasteiger partial charge in [0, 0.05) is 23.5 Å². The van der Waals surface area contributed by atoms with Crippen LogP contribution in [0.15, 0.2) is 48.7 Å². The van der Waals surface area contributed by atoms with E-state index >= 15 is 0 Å². The average molecular weight is 571 g/mol. The molecule has 5 aromatic rings. The Morgan fingerprint density at radius 3 is 2.81 bits per heavy atom. The van der Waals surface area contributed by atoms with Crippen LogP contribution in [0.2, 0.25) is 0 Å². The minimum atomic E-state index is -2.73. The van der Waals surface area contributed by atoms with E-state index in [0.717, 1.165) is 80.0 Å². The first-order valence-corrected chi connectivity index (χ1v) is 14.7. The highest BCUT2D eigenvalue weighted by atomic mass is 19.3. The summed E-state index contributed by atoms with van der Waals surface area (Å²) in [6, 6.07) is 15.8. The van der Waals surface area contributed by atoms with Crippen molar-refractivity contribution < 1.29 is 18.3 Å². The molecule has 10 heteroatoms. The lowest BCUT2D eigenvalue weighted by Gasteiger charge is -2.22. The highest BCUT2D eigenvalue weighted by molar-refractivity contribution is 6.07. The molecule has 8 nitrogen and oxygen atoms in total. The van der Waals surface area contributed by atoms with Gasteiger partial charge >= 0.3 is 6.61 Å². The number of imidazole rings is 2. The van der Waals surface area contributed by atoms with Gasteiger partial charge in [0.15, 0.2) is 0 Å². The molecule has 3 aromatic carbocycles. The molecule has 0 radical (unpaired) electrons. The number of aromatic nitrogens is 4. The van der Waals surface area contributed by atoms with E-state index in [2.05, 4.69) is 79.7 Å². The smallest absolute Gasteiger partial charge is 0.345 e. The van der Waals surface area contributed by atoms with Gasteiger partial charge in [-0.15, -0.1) is 0 Å². The van der Waals surface area contributed by atoms with Crippen LogP contribution in [0.5, 0.6) is 5.75 Å². The Hall–Kier alpha value is -3.86. The van der Waals surface area contributed by atoms with E-state index < -0.39 is 6.61 Å². The van der Waals surface area contributed by atoms with Gasteiger partial charge in [0.25, 0.3) is 0 Å². The summed E-state index contributed by atoms with van der Waals surface area (Å²) >= 11 is 0. The molecular weight excluding hydrogens is 538 g/mol. The van der Waals surface area contributed by atoms with Crippen LogP contribution in [0, 0.1) is 5.92 Å². The van der Waals surface area contributed by atoms with Gasteiger partial charge in [-0.2, -0.15) is 8.78 Å². The second kappa shape index (κ2) is 10.1. The number of hydrogen-bond acceptors (Lipinski definition) is 6. The Kier molecular flexibility index (Phi) is 6.24. The van der Waals surface area contributed by atoms with Gasteiger partial charge in [-0.25, -0.2) is 9.97 Å². The molecule has 0 aliphatic carbocycles. The van der Waals surface area contributed by atoms with Crippen molar-refractivity contribution in [3.05, 3.63) is 65.9 Å². The zero-order chi connectivity index (χ0) is 28.4. The first-order valence-electron chi connectivity index (χ1n) is 14.7. The number of halogens is 2. The molecule has 0 spiro atoms. The molecule has 4 atom stereocenters. The fraction of sp³-hybridized carbons (Fsp3) is 0.375. The molecule has 3 aliphatic heterocycles. The lowest BCUT2D eigenvalue weighted by Crippen LogP contribution is -2.21. The van der Waals surface area contributed by atoms with E-state index in [9.17, 15) is 8.78 Å². The zero-order valence-electron chi connectivity index (χ0n) is 23.2. The predicted octanol–water partition coefficient (Wildman–Crippen LogP) is 6.37. The summed E-state index contributed by atoms with van der Waals surface area (Å²) in [6.07, 6.45) is 4.78. The molecule has 2 saturated heterocycles. The number of rotatable bonds is 6. The number of benzene rings is 3. The summed E-state index contributed by atoms with van der Waals surface area (Å²) in [5, 5.41) is 9.22. The number of nitrogens with zero attached hydrogens (tertiary/aromatic N) is 2. The van der Waals surface area contributed by atoms with Crippen molar-refractivity contribution in [1.82, 2.24) is 30.6 Å². The lowest BCUT2D eigenvalue weighted by atomic mass is 9.92. The van der Waals surface area contributed by atoms with Gasteiger partial charge in [-0.05, 0) is 78.4 Å².